The maximum Gasteiger partial charge on any atom is 0.231 e. The second-order valence-corrected chi connectivity index (χ2v) is 7.32. The molecule has 124 valence electrons. The summed E-state index contributed by atoms with van der Waals surface area (Å²) in [6.45, 7) is 0.498. The molecule has 1 amide bonds. The highest BCUT2D eigenvalue weighted by molar-refractivity contribution is 7.10. The van der Waals surface area contributed by atoms with Crippen LogP contribution in [0, 0.1) is 0 Å². The Morgan fingerprint density at radius 2 is 2.17 bits per heavy atom. The number of aliphatic hydroxyl groups is 1. The molecule has 1 unspecified atom stereocenters. The molecule has 0 spiro atoms. The van der Waals surface area contributed by atoms with Crippen molar-refractivity contribution in [1.29, 1.82) is 0 Å². The van der Waals surface area contributed by atoms with Gasteiger partial charge in [-0.1, -0.05) is 18.9 Å². The van der Waals surface area contributed by atoms with E-state index >= 15 is 0 Å². The lowest BCUT2D eigenvalue weighted by molar-refractivity contribution is -0.126. The number of amides is 1. The Kier molecular flexibility index (Phi) is 4.87. The topological polar surface area (TPSA) is 54.3 Å². The molecule has 1 fully saturated rings. The van der Waals surface area contributed by atoms with E-state index in [-0.39, 0.29) is 11.3 Å². The average Bonchev–Trinajstić information content (AvgIpc) is 3.28. The maximum absolute atomic E-state index is 12.8. The predicted molar refractivity (Wildman–Crippen MR) is 92.5 cm³/mol. The summed E-state index contributed by atoms with van der Waals surface area (Å²) in [7, 11) is 1.92. The molecule has 1 aliphatic rings. The smallest absolute Gasteiger partial charge is 0.231 e. The zero-order chi connectivity index (χ0) is 16.3. The number of hydrogen-bond donors (Lipinski definition) is 2. The third-order valence-corrected chi connectivity index (χ3v) is 5.99. The third-order valence-electron chi connectivity index (χ3n) is 4.91. The van der Waals surface area contributed by atoms with Crippen molar-refractivity contribution in [1.82, 2.24) is 9.88 Å². The molecule has 4 nitrogen and oxygen atoms in total. The van der Waals surface area contributed by atoms with Gasteiger partial charge in [0.15, 0.2) is 0 Å². The van der Waals surface area contributed by atoms with Gasteiger partial charge in [0.1, 0.15) is 0 Å². The fourth-order valence-corrected chi connectivity index (χ4v) is 4.56. The van der Waals surface area contributed by atoms with Gasteiger partial charge < -0.3 is 15.0 Å². The molecule has 0 aliphatic heterocycles. The number of carbonyl (C=O) groups excluding carboxylic acids is 1. The minimum atomic E-state index is -0.545. The van der Waals surface area contributed by atoms with E-state index in [0.717, 1.165) is 31.4 Å². The van der Waals surface area contributed by atoms with E-state index in [1.807, 2.05) is 41.4 Å². The summed E-state index contributed by atoms with van der Waals surface area (Å²) in [5, 5.41) is 15.4. The number of rotatable bonds is 6. The number of aliphatic hydroxyl groups excluding tert-OH is 1. The first-order chi connectivity index (χ1) is 11.1. The van der Waals surface area contributed by atoms with Crippen LogP contribution in [-0.2, 0) is 17.3 Å². The lowest BCUT2D eigenvalue weighted by Gasteiger charge is -2.27. The van der Waals surface area contributed by atoms with Gasteiger partial charge >= 0.3 is 0 Å². The molecular weight excluding hydrogens is 308 g/mol. The van der Waals surface area contributed by atoms with Crippen LogP contribution < -0.4 is 5.32 Å². The zero-order valence-corrected chi connectivity index (χ0v) is 14.3. The van der Waals surface area contributed by atoms with Gasteiger partial charge in [0.25, 0.3) is 0 Å². The summed E-state index contributed by atoms with van der Waals surface area (Å²) in [4.78, 5) is 14.0. The Morgan fingerprint density at radius 1 is 1.39 bits per heavy atom. The molecule has 1 atom stereocenters. The summed E-state index contributed by atoms with van der Waals surface area (Å²) in [5.74, 6) is 0.122. The van der Waals surface area contributed by atoms with Gasteiger partial charge in [-0.05, 0) is 42.8 Å². The molecule has 0 saturated heterocycles. The van der Waals surface area contributed by atoms with Crippen molar-refractivity contribution in [2.24, 2.45) is 7.05 Å². The summed E-state index contributed by atoms with van der Waals surface area (Å²) in [5.41, 5.74) is 0.539. The Balaban J connectivity index is 1.59. The van der Waals surface area contributed by atoms with Crippen molar-refractivity contribution in [3.05, 3.63) is 46.4 Å². The average molecular weight is 332 g/mol. The predicted octanol–water partition coefficient (Wildman–Crippen LogP) is 3.14. The largest absolute Gasteiger partial charge is 0.387 e. The van der Waals surface area contributed by atoms with Crippen LogP contribution in [0.5, 0.6) is 0 Å². The quantitative estimate of drug-likeness (QED) is 0.854. The van der Waals surface area contributed by atoms with E-state index in [1.54, 1.807) is 11.3 Å². The van der Waals surface area contributed by atoms with Gasteiger partial charge in [0, 0.05) is 30.4 Å². The lowest BCUT2D eigenvalue weighted by atomic mass is 9.83. The minimum Gasteiger partial charge on any atom is -0.387 e. The minimum absolute atomic E-state index is 0.122. The fourth-order valence-electron chi connectivity index (χ4n) is 3.57. The Hall–Kier alpha value is -1.59. The Morgan fingerprint density at radius 3 is 2.78 bits per heavy atom. The lowest BCUT2D eigenvalue weighted by Crippen LogP contribution is -2.42. The van der Waals surface area contributed by atoms with Gasteiger partial charge in [-0.15, -0.1) is 11.3 Å². The standard InChI is InChI=1S/C18H24N2O2S/c1-20-12-4-6-14(20)15(21)8-11-19-17(22)18(9-2-3-10-18)16-7-5-13-23-16/h4-7,12-13,15,21H,2-3,8-11H2,1H3,(H,19,22). The summed E-state index contributed by atoms with van der Waals surface area (Å²) in [6.07, 6.45) is 5.98. The first kappa shape index (κ1) is 16.3. The third kappa shape index (κ3) is 3.21. The molecule has 2 heterocycles. The molecule has 3 rings (SSSR count). The first-order valence-corrected chi connectivity index (χ1v) is 9.13. The highest BCUT2D eigenvalue weighted by Crippen LogP contribution is 2.43. The Labute approximate surface area is 141 Å². The number of thiophene rings is 1. The van der Waals surface area contributed by atoms with Crippen molar-refractivity contribution in [2.75, 3.05) is 6.54 Å². The monoisotopic (exact) mass is 332 g/mol. The number of hydrogen-bond acceptors (Lipinski definition) is 3. The van der Waals surface area contributed by atoms with E-state index in [9.17, 15) is 9.90 Å². The molecule has 2 aromatic rings. The van der Waals surface area contributed by atoms with E-state index in [0.29, 0.717) is 13.0 Å². The summed E-state index contributed by atoms with van der Waals surface area (Å²) < 4.78 is 1.91. The fraction of sp³-hybridized carbons (Fsp3) is 0.500. The van der Waals surface area contributed by atoms with Gasteiger partial charge in [-0.2, -0.15) is 0 Å². The molecule has 0 bridgehead atoms. The van der Waals surface area contributed by atoms with Gasteiger partial charge in [-0.25, -0.2) is 0 Å². The van der Waals surface area contributed by atoms with Crippen LogP contribution in [0.15, 0.2) is 35.8 Å². The molecule has 5 heteroatoms. The van der Waals surface area contributed by atoms with Gasteiger partial charge in [-0.3, -0.25) is 4.79 Å². The molecule has 1 saturated carbocycles. The number of nitrogens with one attached hydrogen (secondary N) is 1. The summed E-state index contributed by atoms with van der Waals surface area (Å²) in [6, 6.07) is 7.93. The van der Waals surface area contributed by atoms with Gasteiger partial charge in [0.2, 0.25) is 5.91 Å². The second-order valence-electron chi connectivity index (χ2n) is 6.37. The molecule has 0 aromatic carbocycles. The highest BCUT2D eigenvalue weighted by atomic mass is 32.1. The normalized spacial score (nSPS) is 18.0. The molecule has 0 radical (unpaired) electrons. The van der Waals surface area contributed by atoms with E-state index < -0.39 is 6.10 Å². The van der Waals surface area contributed by atoms with Crippen molar-refractivity contribution in [3.63, 3.8) is 0 Å². The Bertz CT molecular complexity index is 642. The van der Waals surface area contributed by atoms with E-state index in [4.69, 9.17) is 0 Å². The molecular formula is C18H24N2O2S. The van der Waals surface area contributed by atoms with Gasteiger partial charge in [0.05, 0.1) is 11.5 Å². The van der Waals surface area contributed by atoms with Crippen molar-refractivity contribution in [2.45, 2.75) is 43.6 Å². The van der Waals surface area contributed by atoms with Crippen molar-refractivity contribution in [3.8, 4) is 0 Å². The molecule has 2 aromatic heterocycles. The number of nitrogens with zero attached hydrogens (tertiary/aromatic N) is 1. The second kappa shape index (κ2) is 6.89. The van der Waals surface area contributed by atoms with Crippen molar-refractivity contribution < 1.29 is 9.90 Å². The zero-order valence-electron chi connectivity index (χ0n) is 13.5. The van der Waals surface area contributed by atoms with Crippen LogP contribution in [0.4, 0.5) is 0 Å². The SMILES string of the molecule is Cn1cccc1C(O)CCNC(=O)C1(c2cccs2)CCCC1. The van der Waals surface area contributed by atoms with Crippen LogP contribution in [-0.4, -0.2) is 22.1 Å². The van der Waals surface area contributed by atoms with Crippen LogP contribution >= 0.6 is 11.3 Å². The number of aromatic nitrogens is 1. The van der Waals surface area contributed by atoms with Crippen molar-refractivity contribution >= 4 is 17.2 Å². The van der Waals surface area contributed by atoms with Crippen LogP contribution in [0.3, 0.4) is 0 Å². The first-order valence-electron chi connectivity index (χ1n) is 8.25. The highest BCUT2D eigenvalue weighted by Gasteiger charge is 2.43. The number of carbonyl (C=O) groups is 1. The number of aryl methyl sites for hydroxylation is 1. The molecule has 2 N–H and O–H groups in total. The maximum atomic E-state index is 12.8. The van der Waals surface area contributed by atoms with Crippen LogP contribution in [0.25, 0.3) is 0 Å². The van der Waals surface area contributed by atoms with Crippen LogP contribution in [0.1, 0.15) is 48.8 Å². The van der Waals surface area contributed by atoms with E-state index in [1.165, 1.54) is 4.88 Å². The summed E-state index contributed by atoms with van der Waals surface area (Å²) >= 11 is 1.67. The van der Waals surface area contributed by atoms with Crippen LogP contribution in [0.2, 0.25) is 0 Å². The molecule has 1 aliphatic carbocycles. The van der Waals surface area contributed by atoms with E-state index in [2.05, 4.69) is 11.4 Å². The molecule has 23 heavy (non-hydrogen) atoms.